The lowest BCUT2D eigenvalue weighted by Crippen LogP contribution is -2.59. The van der Waals surface area contributed by atoms with Crippen molar-refractivity contribution in [3.8, 4) is 0 Å². The lowest BCUT2D eigenvalue weighted by Gasteiger charge is -2.47. The van der Waals surface area contributed by atoms with E-state index in [1.807, 2.05) is 67.6 Å². The topological polar surface area (TPSA) is 63.2 Å². The first kappa shape index (κ1) is 22.0. The van der Waals surface area contributed by atoms with Gasteiger partial charge in [0.1, 0.15) is 12.2 Å². The van der Waals surface area contributed by atoms with Gasteiger partial charge in [0.05, 0.1) is 37.3 Å². The second kappa shape index (κ2) is 9.49. The quantitative estimate of drug-likeness (QED) is 0.594. The highest BCUT2D eigenvalue weighted by Gasteiger charge is 2.68. The number of benzene rings is 2. The van der Waals surface area contributed by atoms with Crippen molar-refractivity contribution < 1.29 is 28.5 Å². The van der Waals surface area contributed by atoms with Crippen molar-refractivity contribution in [3.63, 3.8) is 0 Å². The zero-order valence-electron chi connectivity index (χ0n) is 18.2. The monoisotopic (exact) mass is 426 g/mol. The van der Waals surface area contributed by atoms with Gasteiger partial charge in [0, 0.05) is 7.11 Å². The van der Waals surface area contributed by atoms with Crippen molar-refractivity contribution in [1.82, 2.24) is 0 Å². The first-order valence-electron chi connectivity index (χ1n) is 10.8. The van der Waals surface area contributed by atoms with E-state index in [2.05, 4.69) is 0 Å². The zero-order valence-corrected chi connectivity index (χ0v) is 18.2. The average Bonchev–Trinajstić information content (AvgIpc) is 3.05. The molecule has 0 spiro atoms. The number of rotatable bonds is 8. The molecule has 31 heavy (non-hydrogen) atoms. The van der Waals surface area contributed by atoms with Gasteiger partial charge in [-0.15, -0.1) is 0 Å². The van der Waals surface area contributed by atoms with Crippen molar-refractivity contribution >= 4 is 5.97 Å². The Kier molecular flexibility index (Phi) is 6.72. The molecule has 6 heteroatoms. The number of hydrogen-bond donors (Lipinski definition) is 0. The smallest absolute Gasteiger partial charge is 0.306 e. The van der Waals surface area contributed by atoms with Crippen molar-refractivity contribution in [3.05, 3.63) is 71.8 Å². The maximum absolute atomic E-state index is 12.8. The van der Waals surface area contributed by atoms with Gasteiger partial charge in [-0.25, -0.2) is 0 Å². The van der Waals surface area contributed by atoms with Crippen LogP contribution in [-0.4, -0.2) is 44.3 Å². The third-order valence-electron chi connectivity index (χ3n) is 6.19. The molecule has 6 nitrogen and oxygen atoms in total. The molecule has 2 aromatic rings. The van der Waals surface area contributed by atoms with Crippen LogP contribution in [0.25, 0.3) is 0 Å². The van der Waals surface area contributed by atoms with Gasteiger partial charge in [-0.3, -0.25) is 4.79 Å². The van der Waals surface area contributed by atoms with E-state index in [0.29, 0.717) is 13.2 Å². The van der Waals surface area contributed by atoms with Crippen molar-refractivity contribution in [2.45, 2.75) is 57.6 Å². The molecule has 2 aliphatic heterocycles. The SMILES string of the molecule is CCOC(=O)C[C@@]12[C@@H](OC)O[C@H](C)[C@@H](O[C@@H]1c1ccccc1)[C@H]2OCc1ccccc1. The summed E-state index contributed by atoms with van der Waals surface area (Å²) in [5.41, 5.74) is 1.13. The van der Waals surface area contributed by atoms with Crippen molar-refractivity contribution in [1.29, 1.82) is 0 Å². The lowest BCUT2D eigenvalue weighted by atomic mass is 9.69. The first-order valence-corrected chi connectivity index (χ1v) is 10.8. The normalized spacial score (nSPS) is 32.0. The summed E-state index contributed by atoms with van der Waals surface area (Å²) in [6.07, 6.45) is -2.04. The third-order valence-corrected chi connectivity index (χ3v) is 6.19. The Bertz CT molecular complexity index is 857. The van der Waals surface area contributed by atoms with E-state index in [-0.39, 0.29) is 24.6 Å². The predicted molar refractivity (Wildman–Crippen MR) is 114 cm³/mol. The van der Waals surface area contributed by atoms with Gasteiger partial charge in [0.15, 0.2) is 6.29 Å². The largest absolute Gasteiger partial charge is 0.466 e. The Hall–Kier alpha value is -2.25. The third kappa shape index (κ3) is 4.13. The van der Waals surface area contributed by atoms with E-state index in [4.69, 9.17) is 23.7 Å². The summed E-state index contributed by atoms with van der Waals surface area (Å²) < 4.78 is 30.4. The van der Waals surface area contributed by atoms with Gasteiger partial charge in [-0.2, -0.15) is 0 Å². The molecule has 2 heterocycles. The molecule has 2 fully saturated rings. The van der Waals surface area contributed by atoms with E-state index in [0.717, 1.165) is 11.1 Å². The molecule has 166 valence electrons. The molecule has 2 aromatic carbocycles. The van der Waals surface area contributed by atoms with Crippen LogP contribution in [0.1, 0.15) is 37.5 Å². The fourth-order valence-corrected chi connectivity index (χ4v) is 4.86. The molecule has 0 unspecified atom stereocenters. The summed E-state index contributed by atoms with van der Waals surface area (Å²) in [4.78, 5) is 12.8. The molecule has 2 saturated heterocycles. The molecule has 0 aliphatic carbocycles. The number of methoxy groups -OCH3 is 1. The van der Waals surface area contributed by atoms with E-state index in [9.17, 15) is 4.79 Å². The van der Waals surface area contributed by atoms with Crippen LogP contribution in [0, 0.1) is 5.41 Å². The van der Waals surface area contributed by atoms with Gasteiger partial charge in [-0.1, -0.05) is 60.7 Å². The summed E-state index contributed by atoms with van der Waals surface area (Å²) >= 11 is 0. The molecular weight excluding hydrogens is 396 g/mol. The summed E-state index contributed by atoms with van der Waals surface area (Å²) in [5, 5.41) is 0. The van der Waals surface area contributed by atoms with Crippen LogP contribution in [0.4, 0.5) is 0 Å². The highest BCUT2D eigenvalue weighted by Crippen LogP contribution is 2.59. The summed E-state index contributed by atoms with van der Waals surface area (Å²) in [6, 6.07) is 19.9. The number of esters is 1. The summed E-state index contributed by atoms with van der Waals surface area (Å²) in [7, 11) is 1.60. The number of ether oxygens (including phenoxy) is 5. The molecule has 0 saturated carbocycles. The van der Waals surface area contributed by atoms with Crippen LogP contribution in [0.3, 0.4) is 0 Å². The fraction of sp³-hybridized carbons (Fsp3) is 0.480. The number of hydrogen-bond acceptors (Lipinski definition) is 6. The lowest BCUT2D eigenvalue weighted by molar-refractivity contribution is -0.280. The Morgan fingerprint density at radius 2 is 1.71 bits per heavy atom. The highest BCUT2D eigenvalue weighted by atomic mass is 16.7. The summed E-state index contributed by atoms with van der Waals surface area (Å²) in [5.74, 6) is -0.318. The van der Waals surface area contributed by atoms with Crippen LogP contribution < -0.4 is 0 Å². The van der Waals surface area contributed by atoms with Gasteiger partial charge < -0.3 is 23.7 Å². The summed E-state index contributed by atoms with van der Waals surface area (Å²) in [6.45, 7) is 4.46. The van der Waals surface area contributed by atoms with Crippen LogP contribution in [-0.2, 0) is 35.1 Å². The predicted octanol–water partition coefficient (Wildman–Crippen LogP) is 4.04. The zero-order chi connectivity index (χ0) is 21.8. The van der Waals surface area contributed by atoms with Crippen molar-refractivity contribution in [2.75, 3.05) is 13.7 Å². The van der Waals surface area contributed by atoms with Crippen LogP contribution >= 0.6 is 0 Å². The molecule has 6 atom stereocenters. The highest BCUT2D eigenvalue weighted by molar-refractivity contribution is 5.71. The van der Waals surface area contributed by atoms with E-state index in [1.54, 1.807) is 14.0 Å². The van der Waals surface area contributed by atoms with Gasteiger partial charge in [-0.05, 0) is 25.0 Å². The van der Waals surface area contributed by atoms with Crippen LogP contribution in [0.5, 0.6) is 0 Å². The minimum atomic E-state index is -0.881. The van der Waals surface area contributed by atoms with Crippen LogP contribution in [0.2, 0.25) is 0 Å². The van der Waals surface area contributed by atoms with E-state index >= 15 is 0 Å². The molecule has 0 N–H and O–H groups in total. The number of fused-ring (bicyclic) bond motifs is 2. The van der Waals surface area contributed by atoms with Gasteiger partial charge in [0.2, 0.25) is 0 Å². The van der Waals surface area contributed by atoms with Crippen molar-refractivity contribution in [2.24, 2.45) is 5.41 Å². The van der Waals surface area contributed by atoms with Gasteiger partial charge >= 0.3 is 5.97 Å². The molecule has 2 bridgehead atoms. The first-order chi connectivity index (χ1) is 15.1. The molecule has 2 aliphatic rings. The van der Waals surface area contributed by atoms with E-state index < -0.39 is 23.9 Å². The molecule has 0 aromatic heterocycles. The van der Waals surface area contributed by atoms with Gasteiger partial charge in [0.25, 0.3) is 0 Å². The molecule has 0 amide bonds. The second-order valence-electron chi connectivity index (χ2n) is 8.11. The Labute approximate surface area is 183 Å². The Morgan fingerprint density at radius 3 is 2.35 bits per heavy atom. The fourth-order valence-electron chi connectivity index (χ4n) is 4.86. The number of carbonyl (C=O) groups excluding carboxylic acids is 1. The maximum atomic E-state index is 12.8. The molecular formula is C25H30O6. The second-order valence-corrected chi connectivity index (χ2v) is 8.11. The van der Waals surface area contributed by atoms with Crippen LogP contribution in [0.15, 0.2) is 60.7 Å². The molecule has 4 rings (SSSR count). The average molecular weight is 427 g/mol. The number of carbonyl (C=O) groups is 1. The minimum absolute atomic E-state index is 0.0710. The Balaban J connectivity index is 1.75. The Morgan fingerprint density at radius 1 is 1.03 bits per heavy atom. The standard InChI is InChI=1S/C25H30O6/c1-4-28-20(26)15-25-22(19-13-9-6-10-14-19)31-21(17(2)30-24(25)27-3)23(25)29-16-18-11-7-5-8-12-18/h5-14,17,21-24H,4,15-16H2,1-3H3/t17-,21-,22-,23-,24+,25-/m1/s1. The maximum Gasteiger partial charge on any atom is 0.306 e. The molecule has 0 radical (unpaired) electrons. The van der Waals surface area contributed by atoms with E-state index in [1.165, 1.54) is 0 Å². The minimum Gasteiger partial charge on any atom is -0.466 e.